The van der Waals surface area contributed by atoms with Crippen LogP contribution in [0, 0.1) is 30.9 Å². The van der Waals surface area contributed by atoms with E-state index in [2.05, 4.69) is 15.4 Å². The van der Waals surface area contributed by atoms with Gasteiger partial charge in [-0.1, -0.05) is 17.7 Å². The fraction of sp³-hybridized carbons (Fsp3) is 0.300. The Kier molecular flexibility index (Phi) is 7.24. The van der Waals surface area contributed by atoms with Crippen molar-refractivity contribution in [2.75, 3.05) is 19.0 Å². The van der Waals surface area contributed by atoms with Gasteiger partial charge in [0.2, 0.25) is 11.8 Å². The second-order valence-electron chi connectivity index (χ2n) is 6.89. The highest BCUT2D eigenvalue weighted by atomic mass is 16.6. The average molecular weight is 430 g/mol. The number of benzene rings is 1. The van der Waals surface area contributed by atoms with Gasteiger partial charge in [0.05, 0.1) is 24.1 Å². The number of methoxy groups -OCH3 is 1. The summed E-state index contributed by atoms with van der Waals surface area (Å²) < 4.78 is 5.22. The number of esters is 1. The van der Waals surface area contributed by atoms with Gasteiger partial charge < -0.3 is 15.4 Å². The summed E-state index contributed by atoms with van der Waals surface area (Å²) in [5.41, 5.74) is 1.23. The maximum atomic E-state index is 12.2. The standard InChI is InChI=1S/C20H22N4O7/c1-11-5-12(2)18(13(3)6-11)22-16(25)8-21-17(26)10-23-9-14(20(28)31-4)7-15(19(23)27)24(29)30/h5-7,9H,8,10H2,1-4H3,(H,21,26)(H,22,25). The van der Waals surface area contributed by atoms with E-state index >= 15 is 0 Å². The number of ether oxygens (including phenoxy) is 1. The molecule has 0 bridgehead atoms. The quantitative estimate of drug-likeness (QED) is 0.381. The molecule has 0 aliphatic heterocycles. The lowest BCUT2D eigenvalue weighted by Crippen LogP contribution is -2.37. The number of nitrogens with one attached hydrogen (secondary N) is 2. The molecule has 2 amide bonds. The normalized spacial score (nSPS) is 10.3. The predicted molar refractivity (Wildman–Crippen MR) is 111 cm³/mol. The summed E-state index contributed by atoms with van der Waals surface area (Å²) in [5.74, 6) is -2.13. The summed E-state index contributed by atoms with van der Waals surface area (Å²) in [6.07, 6.45) is 0.986. The van der Waals surface area contributed by atoms with E-state index in [1.54, 1.807) is 0 Å². The van der Waals surface area contributed by atoms with Crippen LogP contribution in [-0.4, -0.2) is 40.9 Å². The van der Waals surface area contributed by atoms with Gasteiger partial charge in [0.1, 0.15) is 6.54 Å². The molecule has 1 aromatic carbocycles. The SMILES string of the molecule is COC(=O)c1cc([N+](=O)[O-])c(=O)n(CC(=O)NCC(=O)Nc2c(C)cc(C)cc2C)c1. The summed E-state index contributed by atoms with van der Waals surface area (Å²) in [6.45, 7) is 4.64. The smallest absolute Gasteiger partial charge is 0.339 e. The van der Waals surface area contributed by atoms with Crippen molar-refractivity contribution in [3.05, 3.63) is 67.1 Å². The first-order valence-corrected chi connectivity index (χ1v) is 9.15. The molecule has 0 saturated heterocycles. The Morgan fingerprint density at radius 1 is 1.10 bits per heavy atom. The molecule has 0 spiro atoms. The minimum absolute atomic E-state index is 0.260. The van der Waals surface area contributed by atoms with Crippen LogP contribution in [0.4, 0.5) is 11.4 Å². The summed E-state index contributed by atoms with van der Waals surface area (Å²) in [5, 5.41) is 16.1. The Balaban J connectivity index is 2.10. The molecule has 164 valence electrons. The van der Waals surface area contributed by atoms with Crippen LogP contribution < -0.4 is 16.2 Å². The number of rotatable bonds is 7. The second kappa shape index (κ2) is 9.65. The Labute approximate surface area is 177 Å². The van der Waals surface area contributed by atoms with E-state index in [0.29, 0.717) is 10.3 Å². The van der Waals surface area contributed by atoms with Gasteiger partial charge >= 0.3 is 17.2 Å². The first-order chi connectivity index (χ1) is 14.5. The van der Waals surface area contributed by atoms with Crippen molar-refractivity contribution < 1.29 is 24.0 Å². The van der Waals surface area contributed by atoms with Crippen molar-refractivity contribution in [3.63, 3.8) is 0 Å². The van der Waals surface area contributed by atoms with E-state index in [9.17, 15) is 29.3 Å². The molecule has 1 aromatic heterocycles. The number of nitro groups is 1. The van der Waals surface area contributed by atoms with Crippen LogP contribution in [-0.2, 0) is 20.9 Å². The molecule has 11 heteroatoms. The zero-order chi connectivity index (χ0) is 23.3. The molecule has 0 atom stereocenters. The van der Waals surface area contributed by atoms with E-state index in [1.807, 2.05) is 32.9 Å². The molecule has 11 nitrogen and oxygen atoms in total. The van der Waals surface area contributed by atoms with E-state index in [4.69, 9.17) is 0 Å². The number of hydrogen-bond acceptors (Lipinski definition) is 7. The monoisotopic (exact) mass is 430 g/mol. The molecule has 31 heavy (non-hydrogen) atoms. The van der Waals surface area contributed by atoms with E-state index in [-0.39, 0.29) is 12.1 Å². The van der Waals surface area contributed by atoms with Gasteiger partial charge in [0, 0.05) is 18.0 Å². The minimum atomic E-state index is -1.07. The Hall–Kier alpha value is -4.02. The summed E-state index contributed by atoms with van der Waals surface area (Å²) in [6, 6.07) is 4.60. The third kappa shape index (κ3) is 5.75. The van der Waals surface area contributed by atoms with Gasteiger partial charge in [-0.3, -0.25) is 29.1 Å². The van der Waals surface area contributed by atoms with Gasteiger partial charge in [-0.25, -0.2) is 4.79 Å². The van der Waals surface area contributed by atoms with Gasteiger partial charge in [0.15, 0.2) is 0 Å². The van der Waals surface area contributed by atoms with Crippen LogP contribution in [0.2, 0.25) is 0 Å². The highest BCUT2D eigenvalue weighted by Crippen LogP contribution is 2.21. The second-order valence-corrected chi connectivity index (χ2v) is 6.89. The average Bonchev–Trinajstić information content (AvgIpc) is 2.69. The van der Waals surface area contributed by atoms with Crippen molar-refractivity contribution in [1.29, 1.82) is 0 Å². The van der Waals surface area contributed by atoms with Crippen LogP contribution in [0.15, 0.2) is 29.2 Å². The largest absolute Gasteiger partial charge is 0.465 e. The molecule has 0 fully saturated rings. The van der Waals surface area contributed by atoms with Gasteiger partial charge in [-0.15, -0.1) is 0 Å². The number of aryl methyl sites for hydroxylation is 3. The fourth-order valence-corrected chi connectivity index (χ4v) is 3.05. The highest BCUT2D eigenvalue weighted by Gasteiger charge is 2.21. The topological polar surface area (TPSA) is 150 Å². The van der Waals surface area contributed by atoms with Crippen molar-refractivity contribution in [1.82, 2.24) is 9.88 Å². The maximum absolute atomic E-state index is 12.2. The zero-order valence-corrected chi connectivity index (χ0v) is 17.5. The molecule has 0 aliphatic carbocycles. The number of aromatic nitrogens is 1. The summed E-state index contributed by atoms with van der Waals surface area (Å²) in [4.78, 5) is 58.4. The molecule has 2 N–H and O–H groups in total. The molecule has 2 rings (SSSR count). The molecule has 2 aromatic rings. The number of anilines is 1. The van der Waals surface area contributed by atoms with Gasteiger partial charge in [0.25, 0.3) is 0 Å². The highest BCUT2D eigenvalue weighted by molar-refractivity contribution is 5.95. The van der Waals surface area contributed by atoms with Crippen molar-refractivity contribution >= 4 is 29.2 Å². The number of carbonyl (C=O) groups is 3. The molecule has 0 unspecified atom stereocenters. The van der Waals surface area contributed by atoms with Crippen LogP contribution in [0.1, 0.15) is 27.0 Å². The number of hydrogen-bond donors (Lipinski definition) is 2. The third-order valence-electron chi connectivity index (χ3n) is 4.39. The first-order valence-electron chi connectivity index (χ1n) is 9.15. The maximum Gasteiger partial charge on any atom is 0.339 e. The van der Waals surface area contributed by atoms with Gasteiger partial charge in [-0.2, -0.15) is 0 Å². The lowest BCUT2D eigenvalue weighted by atomic mass is 10.1. The number of carbonyl (C=O) groups excluding carboxylic acids is 3. The molecule has 0 aliphatic rings. The van der Waals surface area contributed by atoms with E-state index in [0.717, 1.165) is 36.1 Å². The number of pyridine rings is 1. The predicted octanol–water partition coefficient (Wildman–Crippen LogP) is 1.22. The fourth-order valence-electron chi connectivity index (χ4n) is 3.05. The molecular formula is C20H22N4O7. The summed E-state index contributed by atoms with van der Waals surface area (Å²) in [7, 11) is 1.08. The third-order valence-corrected chi connectivity index (χ3v) is 4.39. The lowest BCUT2D eigenvalue weighted by molar-refractivity contribution is -0.386. The molecule has 1 heterocycles. The van der Waals surface area contributed by atoms with E-state index in [1.165, 1.54) is 0 Å². The Morgan fingerprint density at radius 2 is 1.71 bits per heavy atom. The van der Waals surface area contributed by atoms with E-state index < -0.39 is 40.5 Å². The molecule has 0 radical (unpaired) electrons. The molecular weight excluding hydrogens is 408 g/mol. The number of nitrogens with zero attached hydrogens (tertiary/aromatic N) is 2. The zero-order valence-electron chi connectivity index (χ0n) is 17.5. The molecule has 0 saturated carbocycles. The summed E-state index contributed by atoms with van der Waals surface area (Å²) >= 11 is 0. The van der Waals surface area contributed by atoms with Crippen LogP contribution in [0.5, 0.6) is 0 Å². The van der Waals surface area contributed by atoms with Gasteiger partial charge in [-0.05, 0) is 31.9 Å². The Bertz CT molecular complexity index is 1100. The van der Waals surface area contributed by atoms with Crippen LogP contribution in [0.25, 0.3) is 0 Å². The Morgan fingerprint density at radius 3 is 2.26 bits per heavy atom. The van der Waals surface area contributed by atoms with Crippen molar-refractivity contribution in [2.24, 2.45) is 0 Å². The van der Waals surface area contributed by atoms with Crippen LogP contribution >= 0.6 is 0 Å². The van der Waals surface area contributed by atoms with Crippen LogP contribution in [0.3, 0.4) is 0 Å². The minimum Gasteiger partial charge on any atom is -0.465 e. The number of amides is 2. The van der Waals surface area contributed by atoms with Crippen molar-refractivity contribution in [2.45, 2.75) is 27.3 Å². The van der Waals surface area contributed by atoms with Crippen molar-refractivity contribution in [3.8, 4) is 0 Å². The first kappa shape index (κ1) is 23.3. The lowest BCUT2D eigenvalue weighted by Gasteiger charge is -2.13.